The van der Waals surface area contributed by atoms with E-state index in [1.807, 2.05) is 6.07 Å². The molecule has 1 saturated heterocycles. The second-order valence-corrected chi connectivity index (χ2v) is 9.43. The van der Waals surface area contributed by atoms with Crippen LogP contribution in [0.15, 0.2) is 22.7 Å². The van der Waals surface area contributed by atoms with Gasteiger partial charge in [-0.05, 0) is 64.7 Å². The van der Waals surface area contributed by atoms with Gasteiger partial charge < -0.3 is 9.64 Å². The number of halogens is 1. The summed E-state index contributed by atoms with van der Waals surface area (Å²) >= 11 is 3.47. The quantitative estimate of drug-likeness (QED) is 0.670. The van der Waals surface area contributed by atoms with Gasteiger partial charge in [0.15, 0.2) is 0 Å². The van der Waals surface area contributed by atoms with E-state index in [4.69, 9.17) is 4.74 Å². The monoisotopic (exact) mass is 434 g/mol. The zero-order valence-corrected chi connectivity index (χ0v) is 17.3. The highest BCUT2D eigenvalue weighted by molar-refractivity contribution is 9.10. The van der Waals surface area contributed by atoms with E-state index >= 15 is 0 Å². The number of nitrogens with zero attached hydrogens (tertiary/aromatic N) is 2. The summed E-state index contributed by atoms with van der Waals surface area (Å²) in [5.74, 6) is -0.340. The van der Waals surface area contributed by atoms with Crippen LogP contribution >= 0.6 is 15.9 Å². The van der Waals surface area contributed by atoms with Gasteiger partial charge in [0.05, 0.1) is 5.69 Å². The van der Waals surface area contributed by atoms with E-state index in [9.17, 15) is 14.4 Å². The highest BCUT2D eigenvalue weighted by Gasteiger charge is 2.61. The predicted molar refractivity (Wildman–Crippen MR) is 103 cm³/mol. The molecule has 0 aromatic heterocycles. The van der Waals surface area contributed by atoms with Crippen molar-refractivity contribution >= 4 is 39.5 Å². The first-order valence-electron chi connectivity index (χ1n) is 9.34. The molecule has 4 rings (SSSR count). The lowest BCUT2D eigenvalue weighted by Gasteiger charge is -2.34. The Bertz CT molecular complexity index is 843. The van der Waals surface area contributed by atoms with Crippen molar-refractivity contribution in [3.8, 4) is 0 Å². The number of amides is 3. The smallest absolute Gasteiger partial charge is 0.421 e. The number of imide groups is 1. The lowest BCUT2D eigenvalue weighted by atomic mass is 9.88. The van der Waals surface area contributed by atoms with Crippen LogP contribution in [0.5, 0.6) is 0 Å². The van der Waals surface area contributed by atoms with Gasteiger partial charge in [0.1, 0.15) is 11.1 Å². The molecule has 3 aliphatic rings. The average molecular weight is 435 g/mol. The molecule has 1 aromatic rings. The summed E-state index contributed by atoms with van der Waals surface area (Å²) in [6.07, 6.45) is 2.31. The molecule has 144 valence electrons. The van der Waals surface area contributed by atoms with E-state index in [1.54, 1.807) is 37.8 Å². The van der Waals surface area contributed by atoms with E-state index in [2.05, 4.69) is 15.9 Å². The Kier molecular flexibility index (Phi) is 4.14. The van der Waals surface area contributed by atoms with E-state index in [0.29, 0.717) is 24.2 Å². The van der Waals surface area contributed by atoms with Crippen LogP contribution in [0.4, 0.5) is 10.5 Å². The van der Waals surface area contributed by atoms with E-state index in [0.717, 1.165) is 28.6 Å². The van der Waals surface area contributed by atoms with Crippen LogP contribution in [0.1, 0.15) is 52.0 Å². The summed E-state index contributed by atoms with van der Waals surface area (Å²) in [5.41, 5.74) is -0.607. The molecule has 0 bridgehead atoms. The minimum absolute atomic E-state index is 0.0129. The Morgan fingerprint density at radius 1 is 1.26 bits per heavy atom. The van der Waals surface area contributed by atoms with Gasteiger partial charge in [-0.15, -0.1) is 0 Å². The lowest BCUT2D eigenvalue weighted by Crippen LogP contribution is -2.53. The van der Waals surface area contributed by atoms with Crippen LogP contribution in [0.25, 0.3) is 0 Å². The highest BCUT2D eigenvalue weighted by atomic mass is 79.9. The van der Waals surface area contributed by atoms with Gasteiger partial charge in [0.2, 0.25) is 5.91 Å². The largest absolute Gasteiger partial charge is 0.443 e. The van der Waals surface area contributed by atoms with Crippen molar-refractivity contribution in [3.63, 3.8) is 0 Å². The molecular formula is C20H23BrN2O4. The molecule has 0 radical (unpaired) electrons. The standard InChI is InChI=1S/C20H23BrN2O4/c1-19(2,3)27-18(26)23-15-8-7-13(21)11-14(15)20(17(23)25)9-4-10-22(20)16(24)12-5-6-12/h7-8,11-12H,4-6,9-10H2,1-3H3. The topological polar surface area (TPSA) is 66.9 Å². The summed E-state index contributed by atoms with van der Waals surface area (Å²) in [7, 11) is 0. The number of likely N-dealkylation sites (tertiary alicyclic amines) is 1. The summed E-state index contributed by atoms with van der Waals surface area (Å²) in [6.45, 7) is 5.84. The van der Waals surface area contributed by atoms with Crippen molar-refractivity contribution < 1.29 is 19.1 Å². The molecule has 7 heteroatoms. The van der Waals surface area contributed by atoms with Crippen LogP contribution in [-0.2, 0) is 19.9 Å². The minimum atomic E-state index is -1.10. The predicted octanol–water partition coefficient (Wildman–Crippen LogP) is 3.96. The first kappa shape index (κ1) is 18.5. The average Bonchev–Trinajstić information content (AvgIpc) is 3.27. The Morgan fingerprint density at radius 2 is 1.96 bits per heavy atom. The molecule has 27 heavy (non-hydrogen) atoms. The number of hydrogen-bond acceptors (Lipinski definition) is 4. The third kappa shape index (κ3) is 2.87. The number of carbonyl (C=O) groups excluding carboxylic acids is 3. The van der Waals surface area contributed by atoms with Crippen molar-refractivity contribution in [2.24, 2.45) is 5.92 Å². The molecule has 2 heterocycles. The van der Waals surface area contributed by atoms with E-state index in [-0.39, 0.29) is 17.7 Å². The van der Waals surface area contributed by atoms with E-state index < -0.39 is 17.2 Å². The summed E-state index contributed by atoms with van der Waals surface area (Å²) in [5, 5.41) is 0. The zero-order chi connectivity index (χ0) is 19.6. The van der Waals surface area contributed by atoms with Gasteiger partial charge in [-0.3, -0.25) is 9.59 Å². The van der Waals surface area contributed by atoms with Crippen LogP contribution in [0, 0.1) is 5.92 Å². The summed E-state index contributed by atoms with van der Waals surface area (Å²) in [6, 6.07) is 5.40. The Balaban J connectivity index is 1.82. The summed E-state index contributed by atoms with van der Waals surface area (Å²) < 4.78 is 6.30. The normalized spacial score (nSPS) is 24.5. The molecule has 1 saturated carbocycles. The number of carbonyl (C=O) groups is 3. The van der Waals surface area contributed by atoms with Gasteiger partial charge in [-0.25, -0.2) is 9.69 Å². The number of benzene rings is 1. The SMILES string of the molecule is CC(C)(C)OC(=O)N1C(=O)C2(CCCN2C(=O)C2CC2)c2cc(Br)ccc21. The molecule has 2 fully saturated rings. The van der Waals surface area contributed by atoms with Crippen LogP contribution in [0.3, 0.4) is 0 Å². The number of anilines is 1. The third-order valence-corrected chi connectivity index (χ3v) is 5.84. The van der Waals surface area contributed by atoms with Crippen LogP contribution < -0.4 is 4.90 Å². The van der Waals surface area contributed by atoms with Gasteiger partial charge in [0, 0.05) is 22.5 Å². The van der Waals surface area contributed by atoms with Gasteiger partial charge in [0.25, 0.3) is 5.91 Å². The maximum Gasteiger partial charge on any atom is 0.421 e. The molecule has 1 unspecified atom stereocenters. The molecule has 1 aliphatic carbocycles. The maximum absolute atomic E-state index is 13.6. The minimum Gasteiger partial charge on any atom is -0.443 e. The van der Waals surface area contributed by atoms with E-state index in [1.165, 1.54) is 0 Å². The fourth-order valence-corrected chi connectivity index (χ4v) is 4.46. The number of ether oxygens (including phenoxy) is 1. The number of rotatable bonds is 1. The van der Waals surface area contributed by atoms with Gasteiger partial charge >= 0.3 is 6.09 Å². The first-order chi connectivity index (χ1) is 12.6. The molecule has 3 amide bonds. The third-order valence-electron chi connectivity index (χ3n) is 5.35. The second kappa shape index (κ2) is 6.06. The Morgan fingerprint density at radius 3 is 2.59 bits per heavy atom. The fraction of sp³-hybridized carbons (Fsp3) is 0.550. The van der Waals surface area contributed by atoms with Crippen molar-refractivity contribution in [1.82, 2.24) is 4.90 Å². The van der Waals surface area contributed by atoms with Crippen LogP contribution in [0.2, 0.25) is 0 Å². The lowest BCUT2D eigenvalue weighted by molar-refractivity contribution is -0.144. The van der Waals surface area contributed by atoms with Crippen LogP contribution in [-0.4, -0.2) is 35.0 Å². The van der Waals surface area contributed by atoms with Gasteiger partial charge in [-0.2, -0.15) is 0 Å². The van der Waals surface area contributed by atoms with Gasteiger partial charge in [-0.1, -0.05) is 15.9 Å². The molecule has 2 aliphatic heterocycles. The zero-order valence-electron chi connectivity index (χ0n) is 15.8. The molecule has 6 nitrogen and oxygen atoms in total. The first-order valence-corrected chi connectivity index (χ1v) is 10.1. The Hall–Kier alpha value is -1.89. The summed E-state index contributed by atoms with van der Waals surface area (Å²) in [4.78, 5) is 42.2. The van der Waals surface area contributed by atoms with Crippen molar-refractivity contribution in [2.75, 3.05) is 11.4 Å². The highest BCUT2D eigenvalue weighted by Crippen LogP contribution is 2.52. The molecule has 1 atom stereocenters. The molecule has 0 N–H and O–H groups in total. The maximum atomic E-state index is 13.6. The van der Waals surface area contributed by atoms with Crippen molar-refractivity contribution in [2.45, 2.75) is 57.6 Å². The van der Waals surface area contributed by atoms with Crippen molar-refractivity contribution in [1.29, 1.82) is 0 Å². The number of fused-ring (bicyclic) bond motifs is 2. The second-order valence-electron chi connectivity index (χ2n) is 8.51. The fourth-order valence-electron chi connectivity index (χ4n) is 4.10. The molecule has 1 spiro atoms. The Labute approximate surface area is 167 Å². The van der Waals surface area contributed by atoms with Crippen molar-refractivity contribution in [3.05, 3.63) is 28.2 Å². The number of hydrogen-bond donors (Lipinski definition) is 0. The molecule has 1 aromatic carbocycles. The molecular weight excluding hydrogens is 412 g/mol.